The Hall–Kier alpha value is -2.34. The van der Waals surface area contributed by atoms with Gasteiger partial charge in [-0.05, 0) is 38.0 Å². The molecule has 1 unspecified atom stereocenters. The highest BCUT2D eigenvalue weighted by Gasteiger charge is 2.37. The molecule has 0 fully saturated rings. The zero-order chi connectivity index (χ0) is 20.7. The van der Waals surface area contributed by atoms with E-state index in [1.54, 1.807) is 32.0 Å². The second kappa shape index (κ2) is 10.3. The van der Waals surface area contributed by atoms with Gasteiger partial charge < -0.3 is 15.0 Å². The lowest BCUT2D eigenvalue weighted by molar-refractivity contribution is -0.141. The molecular formula is C21H27ClN2O4. The summed E-state index contributed by atoms with van der Waals surface area (Å²) in [5, 5.41) is 3.33. The van der Waals surface area contributed by atoms with Gasteiger partial charge in [-0.3, -0.25) is 9.59 Å². The molecule has 1 aromatic rings. The number of benzene rings is 1. The topological polar surface area (TPSA) is 75.7 Å². The van der Waals surface area contributed by atoms with E-state index in [1.807, 2.05) is 13.0 Å². The van der Waals surface area contributed by atoms with Crippen molar-refractivity contribution in [2.45, 2.75) is 46.0 Å². The third-order valence-electron chi connectivity index (χ3n) is 4.72. The van der Waals surface area contributed by atoms with E-state index in [2.05, 4.69) is 5.32 Å². The zero-order valence-electron chi connectivity index (χ0n) is 16.6. The van der Waals surface area contributed by atoms with Crippen LogP contribution in [0, 0.1) is 0 Å². The first-order valence-corrected chi connectivity index (χ1v) is 9.97. The van der Waals surface area contributed by atoms with E-state index in [0.29, 0.717) is 22.8 Å². The lowest BCUT2D eigenvalue weighted by atomic mass is 9.83. The van der Waals surface area contributed by atoms with Crippen LogP contribution in [0.1, 0.15) is 51.5 Å². The summed E-state index contributed by atoms with van der Waals surface area (Å²) in [5.41, 5.74) is 1.62. The molecule has 1 aliphatic heterocycles. The van der Waals surface area contributed by atoms with Gasteiger partial charge in [-0.25, -0.2) is 4.79 Å². The number of halogens is 1. The number of esters is 1. The Morgan fingerprint density at radius 2 is 2.07 bits per heavy atom. The van der Waals surface area contributed by atoms with Gasteiger partial charge in [0, 0.05) is 29.6 Å². The summed E-state index contributed by atoms with van der Waals surface area (Å²) in [6, 6.07) is 7.11. The van der Waals surface area contributed by atoms with Gasteiger partial charge in [-0.1, -0.05) is 37.1 Å². The van der Waals surface area contributed by atoms with Crippen LogP contribution in [-0.2, 0) is 19.1 Å². The predicted molar refractivity (Wildman–Crippen MR) is 108 cm³/mol. The van der Waals surface area contributed by atoms with Crippen LogP contribution in [0.15, 0.2) is 35.5 Å². The Morgan fingerprint density at radius 3 is 2.71 bits per heavy atom. The highest BCUT2D eigenvalue weighted by molar-refractivity contribution is 6.30. The SMILES string of the molecule is CCCCNC(=O)CN1C(=O)CC(c2cccc(Cl)c2)C(C(=O)OCC)=C1C. The Kier molecular flexibility index (Phi) is 8.05. The number of hydrogen-bond acceptors (Lipinski definition) is 4. The fourth-order valence-corrected chi connectivity index (χ4v) is 3.49. The largest absolute Gasteiger partial charge is 0.463 e. The van der Waals surface area contributed by atoms with E-state index in [4.69, 9.17) is 16.3 Å². The van der Waals surface area contributed by atoms with Gasteiger partial charge in [0.2, 0.25) is 11.8 Å². The first-order valence-electron chi connectivity index (χ1n) is 9.59. The van der Waals surface area contributed by atoms with Gasteiger partial charge in [0.1, 0.15) is 6.54 Å². The first-order chi connectivity index (χ1) is 13.4. The molecule has 1 aliphatic rings. The minimum Gasteiger partial charge on any atom is -0.463 e. The number of carbonyl (C=O) groups is 3. The lowest BCUT2D eigenvalue weighted by Crippen LogP contribution is -2.44. The summed E-state index contributed by atoms with van der Waals surface area (Å²) in [6.45, 7) is 6.13. The fraction of sp³-hybridized carbons (Fsp3) is 0.476. The van der Waals surface area contributed by atoms with Crippen LogP contribution in [0.4, 0.5) is 0 Å². The molecule has 2 rings (SSSR count). The first kappa shape index (κ1) is 22.0. The van der Waals surface area contributed by atoms with E-state index in [9.17, 15) is 14.4 Å². The minimum atomic E-state index is -0.478. The molecule has 152 valence electrons. The summed E-state index contributed by atoms with van der Waals surface area (Å²) in [7, 11) is 0. The molecule has 6 nitrogen and oxygen atoms in total. The quantitative estimate of drug-likeness (QED) is 0.530. The average molecular weight is 407 g/mol. The van der Waals surface area contributed by atoms with E-state index in [-0.39, 0.29) is 31.4 Å². The molecule has 1 aromatic carbocycles. The lowest BCUT2D eigenvalue weighted by Gasteiger charge is -2.34. The van der Waals surface area contributed by atoms with E-state index in [1.165, 1.54) is 4.90 Å². The molecule has 2 amide bonds. The smallest absolute Gasteiger partial charge is 0.336 e. The van der Waals surface area contributed by atoms with Crippen LogP contribution >= 0.6 is 11.6 Å². The van der Waals surface area contributed by atoms with Gasteiger partial charge in [0.15, 0.2) is 0 Å². The highest BCUT2D eigenvalue weighted by Crippen LogP contribution is 2.37. The summed E-state index contributed by atoms with van der Waals surface area (Å²) in [5.74, 6) is -1.38. The zero-order valence-corrected chi connectivity index (χ0v) is 17.3. The molecule has 0 spiro atoms. The number of nitrogens with one attached hydrogen (secondary N) is 1. The fourth-order valence-electron chi connectivity index (χ4n) is 3.29. The predicted octanol–water partition coefficient (Wildman–Crippen LogP) is 3.41. The maximum absolute atomic E-state index is 12.8. The van der Waals surface area contributed by atoms with Crippen LogP contribution < -0.4 is 5.32 Å². The molecule has 0 radical (unpaired) electrons. The number of rotatable bonds is 8. The number of hydrogen-bond donors (Lipinski definition) is 1. The van der Waals surface area contributed by atoms with Crippen LogP contribution in [0.2, 0.25) is 5.02 Å². The standard InChI is InChI=1S/C21H27ClN2O4/c1-4-6-10-23-18(25)13-24-14(3)20(21(27)28-5-2)17(12-19(24)26)15-8-7-9-16(22)11-15/h7-9,11,17H,4-6,10,12-13H2,1-3H3,(H,23,25). The number of carbonyl (C=O) groups excluding carboxylic acids is 3. The van der Waals surface area contributed by atoms with Crippen molar-refractivity contribution >= 4 is 29.4 Å². The molecule has 0 saturated heterocycles. The Morgan fingerprint density at radius 1 is 1.32 bits per heavy atom. The van der Waals surface area contributed by atoms with Crippen molar-refractivity contribution in [1.29, 1.82) is 0 Å². The van der Waals surface area contributed by atoms with Gasteiger partial charge in [0.05, 0.1) is 12.2 Å². The number of allylic oxidation sites excluding steroid dienone is 1. The van der Waals surface area contributed by atoms with Crippen LogP contribution in [0.25, 0.3) is 0 Å². The van der Waals surface area contributed by atoms with E-state index < -0.39 is 11.9 Å². The minimum absolute atomic E-state index is 0.0775. The van der Waals surface area contributed by atoms with Crippen molar-refractivity contribution < 1.29 is 19.1 Å². The molecule has 28 heavy (non-hydrogen) atoms. The molecular weight excluding hydrogens is 380 g/mol. The van der Waals surface area contributed by atoms with Crippen LogP contribution in [0.3, 0.4) is 0 Å². The van der Waals surface area contributed by atoms with Crippen LogP contribution in [-0.4, -0.2) is 42.4 Å². The Bertz CT molecular complexity index is 775. The molecule has 7 heteroatoms. The summed E-state index contributed by atoms with van der Waals surface area (Å²) in [6.07, 6.45) is 1.92. The monoisotopic (exact) mass is 406 g/mol. The molecule has 1 atom stereocenters. The third-order valence-corrected chi connectivity index (χ3v) is 4.96. The third kappa shape index (κ3) is 5.35. The summed E-state index contributed by atoms with van der Waals surface area (Å²) < 4.78 is 5.23. The van der Waals surface area contributed by atoms with Crippen molar-refractivity contribution in [3.8, 4) is 0 Å². The van der Waals surface area contributed by atoms with Gasteiger partial charge >= 0.3 is 5.97 Å². The van der Waals surface area contributed by atoms with Gasteiger partial charge in [0.25, 0.3) is 0 Å². The Labute approximate surface area is 170 Å². The van der Waals surface area contributed by atoms with Crippen molar-refractivity contribution in [3.05, 3.63) is 46.1 Å². The number of ether oxygens (including phenoxy) is 1. The summed E-state index contributed by atoms with van der Waals surface area (Å²) >= 11 is 6.10. The normalized spacial score (nSPS) is 16.9. The summed E-state index contributed by atoms with van der Waals surface area (Å²) in [4.78, 5) is 39.1. The van der Waals surface area contributed by atoms with Crippen molar-refractivity contribution in [3.63, 3.8) is 0 Å². The highest BCUT2D eigenvalue weighted by atomic mass is 35.5. The second-order valence-electron chi connectivity index (χ2n) is 6.71. The van der Waals surface area contributed by atoms with Crippen molar-refractivity contribution in [2.24, 2.45) is 0 Å². The van der Waals surface area contributed by atoms with E-state index in [0.717, 1.165) is 18.4 Å². The van der Waals surface area contributed by atoms with Gasteiger partial charge in [-0.2, -0.15) is 0 Å². The second-order valence-corrected chi connectivity index (χ2v) is 7.15. The molecule has 1 heterocycles. The van der Waals surface area contributed by atoms with Crippen molar-refractivity contribution in [1.82, 2.24) is 10.2 Å². The number of unbranched alkanes of at least 4 members (excludes halogenated alkanes) is 1. The number of nitrogens with zero attached hydrogens (tertiary/aromatic N) is 1. The molecule has 0 bridgehead atoms. The van der Waals surface area contributed by atoms with Gasteiger partial charge in [-0.15, -0.1) is 0 Å². The average Bonchev–Trinajstić information content (AvgIpc) is 2.65. The molecule has 1 N–H and O–H groups in total. The maximum Gasteiger partial charge on any atom is 0.336 e. The molecule has 0 aliphatic carbocycles. The number of amides is 2. The van der Waals surface area contributed by atoms with E-state index >= 15 is 0 Å². The van der Waals surface area contributed by atoms with Crippen LogP contribution in [0.5, 0.6) is 0 Å². The molecule has 0 saturated carbocycles. The van der Waals surface area contributed by atoms with Crippen molar-refractivity contribution in [2.75, 3.05) is 19.7 Å². The molecule has 0 aromatic heterocycles. The maximum atomic E-state index is 12.8. The Balaban J connectivity index is 2.35.